The smallest absolute Gasteiger partial charge is 0.434 e. The van der Waals surface area contributed by atoms with Gasteiger partial charge in [0.25, 0.3) is 0 Å². The maximum atomic E-state index is 18.0. The highest BCUT2D eigenvalue weighted by Gasteiger charge is 2.45. The molecule has 19 heteroatoms. The number of halogens is 5. The van der Waals surface area contributed by atoms with Crippen LogP contribution in [0, 0.1) is 18.6 Å². The van der Waals surface area contributed by atoms with Gasteiger partial charge in [0.1, 0.15) is 47.3 Å². The quantitative estimate of drug-likeness (QED) is 0.0925. The SMILES string of the molecule is C=[N+]1C[C@H]2CC[C@@H](C[C@H](C)Oc3nc(-c4cc(N(Cc5ccc(OC)cc5)Cc5ccc(OC)cc5)c(F)c(C)c4C(F)(F)F)c(F)c4nc(OCC5CC6COCCN65)nc1c34)N2C(=O)OC(C)(C)C. The Bertz CT molecular complexity index is 2760. The lowest BCUT2D eigenvalue weighted by atomic mass is 9.93. The van der Waals surface area contributed by atoms with Gasteiger partial charge >= 0.3 is 24.1 Å². The number of amides is 1. The summed E-state index contributed by atoms with van der Waals surface area (Å²) in [6.45, 7) is 14.6. The molecule has 2 bridgehead atoms. The molecule has 0 saturated carbocycles. The Hall–Kier alpha value is -6.34. The second-order valence-electron chi connectivity index (χ2n) is 19.8. The minimum absolute atomic E-state index is 0.0132. The molecule has 378 valence electrons. The van der Waals surface area contributed by atoms with Crippen LogP contribution >= 0.6 is 0 Å². The third-order valence-electron chi connectivity index (χ3n) is 13.7. The average molecular weight is 989 g/mol. The summed E-state index contributed by atoms with van der Waals surface area (Å²) < 4.78 is 118. The zero-order valence-electron chi connectivity index (χ0n) is 40.9. The lowest BCUT2D eigenvalue weighted by Crippen LogP contribution is -2.63. The summed E-state index contributed by atoms with van der Waals surface area (Å²) in [5, 5.41) is -0.0628. The molecule has 71 heavy (non-hydrogen) atoms. The Labute approximate surface area is 409 Å². The number of nitrogens with zero attached hydrogens (tertiary/aromatic N) is 7. The number of benzene rings is 3. The standard InChI is InChI=1S/C52H59F5N7O7/c1-29-21-33-13-14-34(64(33)50(65)71-51(3,4)5)26-61(6)47-41-46(59-49(60-47)69-28-36-22-35-27-68-20-19-63(35)36)44(54)45(58-48(41)70-29)39-23-40(43(53)30(2)42(39)52(55,56)57)62(24-31-9-15-37(66-7)16-10-31)25-32-11-17-38(67-8)18-12-32/h9-12,15-18,23,29,33-36H,6,13-14,19-22,24-28H2,1-5,7-8H3/q+1/t29-,33-,34+,35?,36?/m0/s1. The summed E-state index contributed by atoms with van der Waals surface area (Å²) in [5.74, 6) is -1.50. The van der Waals surface area contributed by atoms with E-state index in [0.717, 1.165) is 19.4 Å². The highest BCUT2D eigenvalue weighted by atomic mass is 19.4. The lowest BCUT2D eigenvalue weighted by Gasteiger charge is -2.50. The molecule has 2 unspecified atom stereocenters. The number of ether oxygens (including phenoxy) is 6. The number of anilines is 1. The van der Waals surface area contributed by atoms with Crippen LogP contribution in [0.1, 0.15) is 75.6 Å². The number of rotatable bonds is 11. The monoisotopic (exact) mass is 988 g/mol. The van der Waals surface area contributed by atoms with Crippen molar-refractivity contribution in [3.8, 4) is 34.6 Å². The number of pyridine rings is 1. The Morgan fingerprint density at radius 2 is 1.55 bits per heavy atom. The van der Waals surface area contributed by atoms with Crippen LogP contribution in [0.5, 0.6) is 23.4 Å². The van der Waals surface area contributed by atoms with E-state index in [2.05, 4.69) is 21.6 Å². The average Bonchev–Trinajstić information content (AvgIpc) is 3.70. The third kappa shape index (κ3) is 10.3. The van der Waals surface area contributed by atoms with E-state index in [1.165, 1.54) is 18.8 Å². The van der Waals surface area contributed by atoms with Crippen molar-refractivity contribution in [3.05, 3.63) is 88.5 Å². The summed E-state index contributed by atoms with van der Waals surface area (Å²) in [6, 6.07) is 14.2. The Morgan fingerprint density at radius 3 is 2.15 bits per heavy atom. The van der Waals surface area contributed by atoms with Crippen molar-refractivity contribution in [2.45, 2.75) is 115 Å². The van der Waals surface area contributed by atoms with Crippen LogP contribution in [0.25, 0.3) is 22.2 Å². The largest absolute Gasteiger partial charge is 0.497 e. The van der Waals surface area contributed by atoms with E-state index in [9.17, 15) is 4.79 Å². The zero-order valence-corrected chi connectivity index (χ0v) is 40.9. The van der Waals surface area contributed by atoms with Crippen LogP contribution in [-0.2, 0) is 28.7 Å². The van der Waals surface area contributed by atoms with Gasteiger partial charge in [-0.05, 0) is 101 Å². The molecule has 9 rings (SSSR count). The Balaban J connectivity index is 1.22. The second-order valence-corrected chi connectivity index (χ2v) is 19.8. The van der Waals surface area contributed by atoms with Crippen molar-refractivity contribution < 1.29 is 59.7 Å². The van der Waals surface area contributed by atoms with Gasteiger partial charge in [-0.3, -0.25) is 9.80 Å². The van der Waals surface area contributed by atoms with E-state index in [0.29, 0.717) is 55.2 Å². The number of hydrogen-bond donors (Lipinski definition) is 0. The topological polar surface area (TPSA) is 124 Å². The number of carbonyl (C=O) groups is 1. The molecule has 6 heterocycles. The molecule has 4 aliphatic heterocycles. The first-order valence-corrected chi connectivity index (χ1v) is 23.8. The summed E-state index contributed by atoms with van der Waals surface area (Å²) in [7, 11) is 3.05. The van der Waals surface area contributed by atoms with Gasteiger partial charge in [-0.15, -0.1) is 0 Å². The first-order valence-electron chi connectivity index (χ1n) is 23.8. The van der Waals surface area contributed by atoms with Crippen molar-refractivity contribution in [2.75, 3.05) is 52.0 Å². The summed E-state index contributed by atoms with van der Waals surface area (Å²) in [6.07, 6.45) is -4.23. The fourth-order valence-corrected chi connectivity index (χ4v) is 10.3. The zero-order chi connectivity index (χ0) is 50.5. The minimum atomic E-state index is -5.19. The number of hydrogen-bond acceptors (Lipinski definition) is 12. The molecule has 0 spiro atoms. The van der Waals surface area contributed by atoms with Crippen molar-refractivity contribution >= 4 is 35.2 Å². The van der Waals surface area contributed by atoms with Crippen molar-refractivity contribution in [1.29, 1.82) is 0 Å². The predicted octanol–water partition coefficient (Wildman–Crippen LogP) is 9.66. The van der Waals surface area contributed by atoms with Crippen molar-refractivity contribution in [1.82, 2.24) is 24.8 Å². The van der Waals surface area contributed by atoms with Gasteiger partial charge in [0.2, 0.25) is 5.88 Å². The van der Waals surface area contributed by atoms with Gasteiger partial charge in [-0.25, -0.2) is 23.1 Å². The van der Waals surface area contributed by atoms with Crippen LogP contribution in [0.2, 0.25) is 0 Å². The first-order chi connectivity index (χ1) is 33.8. The van der Waals surface area contributed by atoms with Crippen LogP contribution < -0.4 is 23.8 Å². The van der Waals surface area contributed by atoms with Gasteiger partial charge in [0.05, 0.1) is 57.5 Å². The van der Waals surface area contributed by atoms with E-state index in [4.69, 9.17) is 33.4 Å². The molecule has 14 nitrogen and oxygen atoms in total. The molecule has 0 aliphatic carbocycles. The van der Waals surface area contributed by atoms with Gasteiger partial charge in [-0.1, -0.05) is 24.3 Å². The molecule has 5 atom stereocenters. The maximum Gasteiger partial charge on any atom is 0.434 e. The van der Waals surface area contributed by atoms with E-state index in [1.807, 2.05) is 0 Å². The van der Waals surface area contributed by atoms with Gasteiger partial charge in [0.15, 0.2) is 11.2 Å². The molecule has 1 amide bonds. The number of aromatic nitrogens is 3. The van der Waals surface area contributed by atoms with Crippen LogP contribution in [-0.4, -0.2) is 125 Å². The fourth-order valence-electron chi connectivity index (χ4n) is 10.3. The molecule has 3 aromatic carbocycles. The minimum Gasteiger partial charge on any atom is -0.497 e. The molecule has 5 aromatic rings. The number of carbonyl (C=O) groups excluding carboxylic acids is 1. The predicted molar refractivity (Wildman–Crippen MR) is 255 cm³/mol. The van der Waals surface area contributed by atoms with E-state index in [1.54, 1.807) is 86.0 Å². The molecule has 3 saturated heterocycles. The summed E-state index contributed by atoms with van der Waals surface area (Å²) in [4.78, 5) is 33.4. The van der Waals surface area contributed by atoms with Crippen LogP contribution in [0.15, 0.2) is 54.6 Å². The fraction of sp³-hybridized carbons (Fsp3) is 0.481. The molecular formula is C52H59F5N7O7+. The van der Waals surface area contributed by atoms with Crippen molar-refractivity contribution in [2.24, 2.45) is 0 Å². The first kappa shape index (κ1) is 49.6. The number of fused-ring (bicyclic) bond motifs is 3. The number of methoxy groups -OCH3 is 2. The molecular weight excluding hydrogens is 930 g/mol. The number of alkyl halides is 3. The van der Waals surface area contributed by atoms with Crippen molar-refractivity contribution in [3.63, 3.8) is 0 Å². The normalized spacial score (nSPS) is 21.4. The Morgan fingerprint density at radius 1 is 0.901 bits per heavy atom. The summed E-state index contributed by atoms with van der Waals surface area (Å²) in [5.41, 5.74) is -3.81. The van der Waals surface area contributed by atoms with Gasteiger partial charge in [0, 0.05) is 54.7 Å². The maximum absolute atomic E-state index is 18.0. The van der Waals surface area contributed by atoms with Crippen LogP contribution in [0.3, 0.4) is 0 Å². The number of morpholine rings is 1. The summed E-state index contributed by atoms with van der Waals surface area (Å²) >= 11 is 0. The van der Waals surface area contributed by atoms with Gasteiger partial charge < -0.3 is 33.3 Å². The molecule has 2 aromatic heterocycles. The van der Waals surface area contributed by atoms with E-state index in [-0.39, 0.29) is 79.6 Å². The Kier molecular flexibility index (Phi) is 13.8. The second kappa shape index (κ2) is 19.7. The molecule has 4 aliphatic rings. The molecule has 3 fully saturated rings. The lowest BCUT2D eigenvalue weighted by molar-refractivity contribution is -0.440. The molecule has 0 radical (unpaired) electrons. The highest BCUT2D eigenvalue weighted by Crippen LogP contribution is 2.47. The third-order valence-corrected chi connectivity index (χ3v) is 13.7. The van der Waals surface area contributed by atoms with E-state index >= 15 is 22.0 Å². The van der Waals surface area contributed by atoms with Crippen LogP contribution in [0.4, 0.5) is 38.3 Å². The van der Waals surface area contributed by atoms with E-state index < -0.39 is 69.6 Å². The highest BCUT2D eigenvalue weighted by molar-refractivity contribution is 5.94. The molecule has 0 N–H and O–H groups in total. The van der Waals surface area contributed by atoms with Gasteiger partial charge in [-0.2, -0.15) is 18.2 Å².